The summed E-state index contributed by atoms with van der Waals surface area (Å²) in [5.41, 5.74) is 0. The van der Waals surface area contributed by atoms with Gasteiger partial charge in [0, 0.05) is 6.42 Å². The van der Waals surface area contributed by atoms with E-state index in [9.17, 15) is 35.3 Å². The number of carbonyl (C=O) groups is 1. The molecule has 0 bridgehead atoms. The van der Waals surface area contributed by atoms with Crippen molar-refractivity contribution in [3.05, 3.63) is 23.3 Å². The van der Waals surface area contributed by atoms with Crippen LogP contribution in [0, 0.1) is 35.6 Å². The van der Waals surface area contributed by atoms with Gasteiger partial charge in [0.05, 0.1) is 6.42 Å². The molecule has 0 amide bonds. The second-order valence-electron chi connectivity index (χ2n) is 3.55. The molecule has 0 unspecified atom stereocenters. The average Bonchev–Trinajstić information content (AvgIpc) is 2.37. The Labute approximate surface area is 144 Å². The van der Waals surface area contributed by atoms with E-state index in [0.29, 0.717) is 0 Å². The molecule has 0 spiro atoms. The molecule has 0 radical (unpaired) electrons. The Balaban J connectivity index is 0.00000441. The van der Waals surface area contributed by atoms with Crippen LogP contribution >= 0.6 is 0 Å². The first-order valence-corrected chi connectivity index (χ1v) is 6.48. The molecule has 0 saturated carbocycles. The average molecular weight is 348 g/mol. The van der Waals surface area contributed by atoms with Crippen LogP contribution < -0.4 is 34.3 Å². The molecule has 0 heterocycles. The van der Waals surface area contributed by atoms with Crippen LogP contribution in [0.1, 0.15) is 12.8 Å². The van der Waals surface area contributed by atoms with Crippen LogP contribution in [0.25, 0.3) is 0 Å². The molecule has 114 valence electrons. The molecular formula is C11H5F4NaO5S. The molecule has 0 aliphatic carbocycles. The molecule has 11 heteroatoms. The molecule has 0 saturated heterocycles. The first-order chi connectivity index (χ1) is 9.61. The van der Waals surface area contributed by atoms with E-state index < -0.39 is 56.4 Å². The van der Waals surface area contributed by atoms with Gasteiger partial charge in [-0.25, -0.2) is 17.2 Å². The predicted octanol–water partition coefficient (Wildman–Crippen LogP) is -1.53. The van der Waals surface area contributed by atoms with Crippen molar-refractivity contribution in [2.45, 2.75) is 17.7 Å². The number of carbonyl (C=O) groups excluding carboxylic acids is 1. The number of esters is 1. The number of rotatable bonds is 4. The Morgan fingerprint density at radius 2 is 1.59 bits per heavy atom. The van der Waals surface area contributed by atoms with E-state index >= 15 is 0 Å². The molecule has 0 fully saturated rings. The summed E-state index contributed by atoms with van der Waals surface area (Å²) in [4.78, 5) is 8.77. The molecule has 22 heavy (non-hydrogen) atoms. The molecule has 1 rings (SSSR count). The summed E-state index contributed by atoms with van der Waals surface area (Å²) in [5, 5.41) is 0. The van der Waals surface area contributed by atoms with Crippen molar-refractivity contribution in [1.82, 2.24) is 0 Å². The van der Waals surface area contributed by atoms with Gasteiger partial charge in [0.15, 0.2) is 11.6 Å². The first kappa shape index (κ1) is 20.9. The van der Waals surface area contributed by atoms with E-state index in [2.05, 4.69) is 4.74 Å². The summed E-state index contributed by atoms with van der Waals surface area (Å²) in [7, 11) is -5.82. The van der Waals surface area contributed by atoms with Crippen molar-refractivity contribution in [2.24, 2.45) is 0 Å². The molecule has 0 atom stereocenters. The predicted molar refractivity (Wildman–Crippen MR) is 57.9 cm³/mol. The normalized spacial score (nSPS) is 10.5. The Morgan fingerprint density at radius 1 is 1.14 bits per heavy atom. The Morgan fingerprint density at radius 3 is 1.95 bits per heavy atom. The van der Waals surface area contributed by atoms with Crippen molar-refractivity contribution in [1.29, 1.82) is 0 Å². The Bertz CT molecular complexity index is 713. The van der Waals surface area contributed by atoms with Gasteiger partial charge in [-0.3, -0.25) is 4.79 Å². The first-order valence-electron chi connectivity index (χ1n) is 5.07. The number of ether oxygens (including phenoxy) is 1. The number of terminal acetylenes is 1. The van der Waals surface area contributed by atoms with E-state index in [-0.39, 0.29) is 36.0 Å². The van der Waals surface area contributed by atoms with Gasteiger partial charge in [-0.05, 0) is 0 Å². The minimum atomic E-state index is -5.82. The van der Waals surface area contributed by atoms with Gasteiger partial charge in [0.25, 0.3) is 0 Å². The molecule has 1 aromatic carbocycles. The SMILES string of the molecule is C#CCCC(=O)Oc1c(F)c(F)c(S(=O)(=O)[O-])c(F)c1F.[Na+]. The quantitative estimate of drug-likeness (QED) is 0.125. The third kappa shape index (κ3) is 4.44. The van der Waals surface area contributed by atoms with Crippen molar-refractivity contribution >= 4 is 16.1 Å². The second-order valence-corrected chi connectivity index (χ2v) is 4.86. The zero-order valence-electron chi connectivity index (χ0n) is 11.0. The van der Waals surface area contributed by atoms with Crippen LogP contribution in [0.2, 0.25) is 0 Å². The van der Waals surface area contributed by atoms with Crippen LogP contribution in [-0.2, 0) is 14.9 Å². The molecule has 0 aromatic heterocycles. The topological polar surface area (TPSA) is 83.5 Å². The molecule has 0 aliphatic rings. The summed E-state index contributed by atoms with van der Waals surface area (Å²) in [6.07, 6.45) is 4.15. The largest absolute Gasteiger partial charge is 1.00 e. The fourth-order valence-electron chi connectivity index (χ4n) is 1.24. The van der Waals surface area contributed by atoms with Crippen molar-refractivity contribution < 1.29 is 69.6 Å². The van der Waals surface area contributed by atoms with Gasteiger partial charge in [-0.1, -0.05) is 0 Å². The standard InChI is InChI=1S/C11H6F4O5S.Na/c1-2-3-4-5(16)20-10-6(12)8(14)11(21(17,18)19)9(15)7(10)13;/h1H,3-4H2,(H,17,18,19);/q;+1/p-1. The third-order valence-corrected chi connectivity index (χ3v) is 2.98. The second kappa shape index (κ2) is 7.94. The van der Waals surface area contributed by atoms with Gasteiger partial charge in [-0.15, -0.1) is 12.3 Å². The van der Waals surface area contributed by atoms with E-state index in [4.69, 9.17) is 6.42 Å². The maximum Gasteiger partial charge on any atom is 1.00 e. The van der Waals surface area contributed by atoms with Crippen LogP contribution in [0.4, 0.5) is 17.6 Å². The van der Waals surface area contributed by atoms with E-state index in [0.717, 1.165) is 0 Å². The Kier molecular flexibility index (Phi) is 7.53. The van der Waals surface area contributed by atoms with Gasteiger partial charge < -0.3 is 9.29 Å². The minimum Gasteiger partial charge on any atom is -0.744 e. The van der Waals surface area contributed by atoms with Gasteiger partial charge in [0.2, 0.25) is 17.4 Å². The van der Waals surface area contributed by atoms with Crippen molar-refractivity contribution in [3.8, 4) is 18.1 Å². The summed E-state index contributed by atoms with van der Waals surface area (Å²) >= 11 is 0. The van der Waals surface area contributed by atoms with Crippen molar-refractivity contribution in [2.75, 3.05) is 0 Å². The van der Waals surface area contributed by atoms with Crippen molar-refractivity contribution in [3.63, 3.8) is 0 Å². The third-order valence-electron chi connectivity index (χ3n) is 2.12. The van der Waals surface area contributed by atoms with Crippen LogP contribution in [0.3, 0.4) is 0 Å². The molecule has 1 aromatic rings. The number of hydrogen-bond acceptors (Lipinski definition) is 5. The fourth-order valence-corrected chi connectivity index (χ4v) is 1.86. The number of hydrogen-bond donors (Lipinski definition) is 0. The van der Waals surface area contributed by atoms with Crippen LogP contribution in [0.5, 0.6) is 5.75 Å². The summed E-state index contributed by atoms with van der Waals surface area (Å²) < 4.78 is 89.2. The molecule has 0 N–H and O–H groups in total. The van der Waals surface area contributed by atoms with Gasteiger partial charge in [0.1, 0.15) is 15.0 Å². The fraction of sp³-hybridized carbons (Fsp3) is 0.182. The van der Waals surface area contributed by atoms with Gasteiger partial charge >= 0.3 is 35.5 Å². The maximum atomic E-state index is 13.4. The Hall–Kier alpha value is -1.12. The van der Waals surface area contributed by atoms with E-state index in [1.54, 1.807) is 0 Å². The van der Waals surface area contributed by atoms with Crippen LogP contribution in [0.15, 0.2) is 4.90 Å². The zero-order chi connectivity index (χ0) is 16.4. The van der Waals surface area contributed by atoms with E-state index in [1.165, 1.54) is 0 Å². The summed E-state index contributed by atoms with van der Waals surface area (Å²) in [5.74, 6) is -10.7. The summed E-state index contributed by atoms with van der Waals surface area (Å²) in [6, 6.07) is 0. The molecule has 5 nitrogen and oxygen atoms in total. The van der Waals surface area contributed by atoms with E-state index in [1.807, 2.05) is 5.92 Å². The number of benzene rings is 1. The number of halogens is 4. The monoisotopic (exact) mass is 348 g/mol. The van der Waals surface area contributed by atoms with Gasteiger partial charge in [-0.2, -0.15) is 8.78 Å². The zero-order valence-corrected chi connectivity index (χ0v) is 13.8. The molecule has 0 aliphatic heterocycles. The smallest absolute Gasteiger partial charge is 0.744 e. The maximum absolute atomic E-state index is 13.4. The molecular weight excluding hydrogens is 343 g/mol. The summed E-state index contributed by atoms with van der Waals surface area (Å²) in [6.45, 7) is 0. The minimum absolute atomic E-state index is 0. The van der Waals surface area contributed by atoms with Crippen LogP contribution in [-0.4, -0.2) is 18.9 Å².